The zero-order valence-electron chi connectivity index (χ0n) is 16.7. The molecule has 0 radical (unpaired) electrons. The third-order valence-electron chi connectivity index (χ3n) is 5.75. The number of nitrogens with one attached hydrogen (secondary N) is 2. The number of likely N-dealkylation sites (tertiary alicyclic amines) is 1. The Labute approximate surface area is 173 Å². The molecule has 0 atom stereocenters. The topological polar surface area (TPSA) is 70.7 Å². The zero-order chi connectivity index (χ0) is 19.1. The van der Waals surface area contributed by atoms with Gasteiger partial charge in [-0.1, -0.05) is 12.8 Å². The highest BCUT2D eigenvalue weighted by Crippen LogP contribution is 2.31. The maximum Gasteiger partial charge on any atom is 0.253 e. The first-order chi connectivity index (χ1) is 13.1. The Kier molecular flexibility index (Phi) is 8.73. The normalized spacial score (nSPS) is 19.2. The molecule has 1 aromatic carbocycles. The molecule has 2 aliphatic heterocycles. The quantitative estimate of drug-likeness (QED) is 0.784. The Morgan fingerprint density at radius 3 is 2.25 bits per heavy atom. The maximum atomic E-state index is 12.9. The maximum absolute atomic E-state index is 12.9. The minimum atomic E-state index is -0.486. The number of rotatable bonds is 5. The van der Waals surface area contributed by atoms with Crippen molar-refractivity contribution in [2.24, 2.45) is 5.41 Å². The summed E-state index contributed by atoms with van der Waals surface area (Å²) in [6, 6.07) is 7.28. The van der Waals surface area contributed by atoms with Crippen molar-refractivity contribution in [2.45, 2.75) is 38.5 Å². The SMILES string of the molecule is COCC1(C(=O)Nc2ccc(C(=O)N3CCCCCC3)cc2)CCNCC1.Cl. The van der Waals surface area contributed by atoms with Crippen LogP contribution >= 0.6 is 12.4 Å². The number of amides is 2. The van der Waals surface area contributed by atoms with E-state index in [1.165, 1.54) is 12.8 Å². The summed E-state index contributed by atoms with van der Waals surface area (Å²) in [5.74, 6) is 0.0847. The molecule has 0 aromatic heterocycles. The predicted molar refractivity (Wildman–Crippen MR) is 113 cm³/mol. The Hall–Kier alpha value is -1.63. The summed E-state index contributed by atoms with van der Waals surface area (Å²) in [6.45, 7) is 3.74. The molecule has 156 valence electrons. The first-order valence-corrected chi connectivity index (χ1v) is 10.1. The van der Waals surface area contributed by atoms with E-state index in [-0.39, 0.29) is 24.2 Å². The molecule has 2 aliphatic rings. The summed E-state index contributed by atoms with van der Waals surface area (Å²) in [5, 5.41) is 6.32. The lowest BCUT2D eigenvalue weighted by Gasteiger charge is -2.35. The van der Waals surface area contributed by atoms with Crippen LogP contribution in [0.3, 0.4) is 0 Å². The van der Waals surface area contributed by atoms with Gasteiger partial charge >= 0.3 is 0 Å². The number of carbonyl (C=O) groups is 2. The Morgan fingerprint density at radius 1 is 1.07 bits per heavy atom. The van der Waals surface area contributed by atoms with E-state index in [4.69, 9.17) is 4.74 Å². The van der Waals surface area contributed by atoms with Crippen molar-refractivity contribution in [3.63, 3.8) is 0 Å². The number of nitrogens with zero attached hydrogens (tertiary/aromatic N) is 1. The van der Waals surface area contributed by atoms with Crippen LogP contribution in [0, 0.1) is 5.41 Å². The molecule has 2 saturated heterocycles. The van der Waals surface area contributed by atoms with Gasteiger partial charge in [-0.05, 0) is 63.0 Å². The molecule has 2 fully saturated rings. The van der Waals surface area contributed by atoms with Gasteiger partial charge in [-0.25, -0.2) is 0 Å². The van der Waals surface area contributed by atoms with Crippen LogP contribution in [0.1, 0.15) is 48.9 Å². The molecule has 6 nitrogen and oxygen atoms in total. The second-order valence-electron chi connectivity index (χ2n) is 7.70. The standard InChI is InChI=1S/C21H31N3O3.ClH/c1-27-16-21(10-12-22-13-11-21)20(26)23-18-8-6-17(7-9-18)19(25)24-14-4-2-3-5-15-24;/h6-9,22H,2-5,10-16H2,1H3,(H,23,26);1H. The average molecular weight is 410 g/mol. The van der Waals surface area contributed by atoms with Crippen LogP contribution in [0.25, 0.3) is 0 Å². The van der Waals surface area contributed by atoms with Crippen molar-refractivity contribution in [2.75, 3.05) is 45.2 Å². The van der Waals surface area contributed by atoms with E-state index >= 15 is 0 Å². The van der Waals surface area contributed by atoms with Gasteiger partial charge in [0.05, 0.1) is 12.0 Å². The van der Waals surface area contributed by atoms with Crippen LogP contribution in [0.15, 0.2) is 24.3 Å². The Morgan fingerprint density at radius 2 is 1.68 bits per heavy atom. The third kappa shape index (κ3) is 5.46. The lowest BCUT2D eigenvalue weighted by atomic mass is 9.78. The van der Waals surface area contributed by atoms with E-state index in [0.29, 0.717) is 12.2 Å². The van der Waals surface area contributed by atoms with Gasteiger partial charge in [0.15, 0.2) is 0 Å². The lowest BCUT2D eigenvalue weighted by Crippen LogP contribution is -2.47. The molecule has 1 aromatic rings. The van der Waals surface area contributed by atoms with Gasteiger partial charge in [0.2, 0.25) is 5.91 Å². The smallest absolute Gasteiger partial charge is 0.253 e. The molecule has 3 rings (SSSR count). The molecule has 0 saturated carbocycles. The molecule has 7 heteroatoms. The molecule has 0 unspecified atom stereocenters. The van der Waals surface area contributed by atoms with Crippen LogP contribution in [0.2, 0.25) is 0 Å². The highest BCUT2D eigenvalue weighted by atomic mass is 35.5. The molecule has 0 bridgehead atoms. The van der Waals surface area contributed by atoms with Gasteiger partial charge in [0.25, 0.3) is 5.91 Å². The summed E-state index contributed by atoms with van der Waals surface area (Å²) in [4.78, 5) is 27.5. The van der Waals surface area contributed by atoms with E-state index in [1.54, 1.807) is 7.11 Å². The number of halogens is 1. The fraction of sp³-hybridized carbons (Fsp3) is 0.619. The highest BCUT2D eigenvalue weighted by molar-refractivity contribution is 5.97. The van der Waals surface area contributed by atoms with Gasteiger partial charge < -0.3 is 20.3 Å². The van der Waals surface area contributed by atoms with E-state index < -0.39 is 5.41 Å². The molecule has 2 amide bonds. The number of piperidine rings is 1. The summed E-state index contributed by atoms with van der Waals surface area (Å²) in [7, 11) is 1.64. The van der Waals surface area contributed by atoms with Crippen molar-refractivity contribution in [3.05, 3.63) is 29.8 Å². The van der Waals surface area contributed by atoms with E-state index in [9.17, 15) is 9.59 Å². The minimum Gasteiger partial charge on any atom is -0.384 e. The second-order valence-corrected chi connectivity index (χ2v) is 7.70. The van der Waals surface area contributed by atoms with Crippen molar-refractivity contribution in [1.29, 1.82) is 0 Å². The molecule has 0 spiro atoms. The summed E-state index contributed by atoms with van der Waals surface area (Å²) in [6.07, 6.45) is 6.09. The number of ether oxygens (including phenoxy) is 1. The Bertz CT molecular complexity index is 631. The molecule has 28 heavy (non-hydrogen) atoms. The molecule has 2 heterocycles. The van der Waals surface area contributed by atoms with Crippen molar-refractivity contribution >= 4 is 29.9 Å². The van der Waals surface area contributed by atoms with Crippen molar-refractivity contribution < 1.29 is 14.3 Å². The molecular formula is C21H32ClN3O3. The van der Waals surface area contributed by atoms with Gasteiger partial charge in [0, 0.05) is 31.5 Å². The molecular weight excluding hydrogens is 378 g/mol. The number of hydrogen-bond acceptors (Lipinski definition) is 4. The first kappa shape index (κ1) is 22.7. The van der Waals surface area contributed by atoms with Crippen molar-refractivity contribution in [1.82, 2.24) is 10.2 Å². The fourth-order valence-electron chi connectivity index (χ4n) is 4.03. The number of benzene rings is 1. The zero-order valence-corrected chi connectivity index (χ0v) is 17.5. The summed E-state index contributed by atoms with van der Waals surface area (Å²) in [5.41, 5.74) is 0.922. The monoisotopic (exact) mass is 409 g/mol. The predicted octanol–water partition coefficient (Wildman–Crippen LogP) is 3.08. The number of methoxy groups -OCH3 is 1. The minimum absolute atomic E-state index is 0. The van der Waals surface area contributed by atoms with Crippen molar-refractivity contribution in [3.8, 4) is 0 Å². The number of carbonyl (C=O) groups excluding carboxylic acids is 2. The van der Waals surface area contributed by atoms with Crippen LogP contribution in [0.5, 0.6) is 0 Å². The van der Waals surface area contributed by atoms with E-state index in [2.05, 4.69) is 10.6 Å². The highest BCUT2D eigenvalue weighted by Gasteiger charge is 2.39. The van der Waals surface area contributed by atoms with Crippen LogP contribution in [-0.2, 0) is 9.53 Å². The average Bonchev–Trinajstić information content (AvgIpc) is 2.98. The second kappa shape index (κ2) is 10.8. The summed E-state index contributed by atoms with van der Waals surface area (Å²) >= 11 is 0. The lowest BCUT2D eigenvalue weighted by molar-refractivity contribution is -0.130. The molecule has 2 N–H and O–H groups in total. The van der Waals surface area contributed by atoms with Crippen LogP contribution < -0.4 is 10.6 Å². The van der Waals surface area contributed by atoms with Gasteiger partial charge in [-0.3, -0.25) is 9.59 Å². The van der Waals surface area contributed by atoms with Crippen LogP contribution in [-0.4, -0.2) is 56.6 Å². The third-order valence-corrected chi connectivity index (χ3v) is 5.75. The van der Waals surface area contributed by atoms with E-state index in [0.717, 1.165) is 57.5 Å². The first-order valence-electron chi connectivity index (χ1n) is 10.1. The molecule has 0 aliphatic carbocycles. The van der Waals surface area contributed by atoms with Gasteiger partial charge in [0.1, 0.15) is 0 Å². The van der Waals surface area contributed by atoms with Gasteiger partial charge in [-0.2, -0.15) is 0 Å². The fourth-order valence-corrected chi connectivity index (χ4v) is 4.03. The number of anilines is 1. The Balaban J connectivity index is 0.00000280. The van der Waals surface area contributed by atoms with Gasteiger partial charge in [-0.15, -0.1) is 12.4 Å². The largest absolute Gasteiger partial charge is 0.384 e. The van der Waals surface area contributed by atoms with E-state index in [1.807, 2.05) is 29.2 Å². The van der Waals surface area contributed by atoms with Crippen LogP contribution in [0.4, 0.5) is 5.69 Å². The number of hydrogen-bond donors (Lipinski definition) is 2. The summed E-state index contributed by atoms with van der Waals surface area (Å²) < 4.78 is 5.33.